The lowest BCUT2D eigenvalue weighted by atomic mass is 9.69. The molecule has 1 unspecified atom stereocenters. The molecule has 0 saturated carbocycles. The Hall–Kier alpha value is -5.72. The van der Waals surface area contributed by atoms with E-state index in [1.807, 2.05) is 0 Å². The summed E-state index contributed by atoms with van der Waals surface area (Å²) < 4.78 is 0. The quantitative estimate of drug-likeness (QED) is 0.0263. The van der Waals surface area contributed by atoms with Gasteiger partial charge >= 0.3 is 0 Å². The molecule has 0 N–H and O–H groups in total. The molecule has 1 atom stereocenters. The van der Waals surface area contributed by atoms with Crippen molar-refractivity contribution in [3.05, 3.63) is 162 Å². The van der Waals surface area contributed by atoms with Crippen LogP contribution in [0.4, 0.5) is 0 Å². The number of unbranched alkanes of at least 4 members (excludes halogenated alkanes) is 15. The van der Waals surface area contributed by atoms with Gasteiger partial charge < -0.3 is 0 Å². The summed E-state index contributed by atoms with van der Waals surface area (Å²) in [5, 5.41) is 12.1. The first-order chi connectivity index (χ1) is 69.9. The van der Waals surface area contributed by atoms with Crippen LogP contribution in [0.3, 0.4) is 0 Å². The summed E-state index contributed by atoms with van der Waals surface area (Å²) in [5.74, 6) is 0. The molecule has 8 aliphatic rings. The van der Waals surface area contributed by atoms with Crippen molar-refractivity contribution in [1.29, 1.82) is 0 Å². The Morgan fingerprint density at radius 2 is 0.272 bits per heavy atom. The third kappa shape index (κ3) is 18.8. The normalized spacial score (nSPS) is 21.5. The van der Waals surface area contributed by atoms with E-state index in [0.717, 1.165) is 0 Å². The molecule has 0 fully saturated rings. The molecular weight excluding hydrogens is 1770 g/mol. The fourth-order valence-electron chi connectivity index (χ4n) is 38.3. The summed E-state index contributed by atoms with van der Waals surface area (Å²) in [6, 6.07) is 36.4. The Bertz CT molecular complexity index is 5480. The minimum Gasteiger partial charge on any atom is -0.0654 e. The van der Waals surface area contributed by atoms with Crippen molar-refractivity contribution in [2.75, 3.05) is 0 Å². The number of rotatable bonds is 51. The molecule has 0 heterocycles. The topological polar surface area (TPSA) is 0 Å². The van der Waals surface area contributed by atoms with E-state index in [1.165, 1.54) is 418 Å². The molecule has 0 aromatic heterocycles. The minimum atomic E-state index is -0.0729. The van der Waals surface area contributed by atoms with E-state index in [0.29, 0.717) is 0 Å². The zero-order chi connectivity index (χ0) is 106. The Morgan fingerprint density at radius 1 is 0.150 bits per heavy atom. The van der Waals surface area contributed by atoms with Crippen molar-refractivity contribution in [2.45, 2.75) is 661 Å². The molecule has 0 radical (unpaired) electrons. The first-order valence-electron chi connectivity index (χ1n) is 64.1. The van der Waals surface area contributed by atoms with Gasteiger partial charge in [-0.05, 0) is 466 Å². The SMILES string of the molecule is CCCCC1(CCC)CC(C)(C)c2c1cc1c(c2-c2cc3cc(-c4c5c(cc6c4C(C)(C)CC6(CCCC)CCCC)C(CCCC)(CCCC)CC5(C)C)cc4c5cc(-c6c7c(cc8c6C(C)(C)CC8(CCCC)CCCC)C(CCCC)(CCCC)CC7(C)C)cc6cc(-c7c8c(cc9c7C(C)(C)CC9(CCCC)CCCC)C(CCCC)(CCCC)CC8(C)C)cc(c(c2)c34)c65)C(C)(C)CC1(CCCC)CCCC. The number of benzene rings is 9. The lowest BCUT2D eigenvalue weighted by molar-refractivity contribution is 0.287. The summed E-state index contributed by atoms with van der Waals surface area (Å²) in [6.07, 6.45) is 69.4. The van der Waals surface area contributed by atoms with E-state index < -0.39 is 0 Å². The average Bonchev–Trinajstić information content (AvgIpc) is 1.45. The highest BCUT2D eigenvalue weighted by Gasteiger charge is 2.62. The average molecular weight is 1990 g/mol. The zero-order valence-electron chi connectivity index (χ0n) is 102. The predicted molar refractivity (Wildman–Crippen MR) is 652 cm³/mol. The van der Waals surface area contributed by atoms with Crippen molar-refractivity contribution in [2.24, 2.45) is 0 Å². The van der Waals surface area contributed by atoms with Crippen molar-refractivity contribution in [3.63, 3.8) is 0 Å². The third-order valence-electron chi connectivity index (χ3n) is 43.2. The zero-order valence-corrected chi connectivity index (χ0v) is 102. The summed E-state index contributed by atoms with van der Waals surface area (Å²) in [6.45, 7) is 84.8. The molecule has 0 saturated heterocycles. The van der Waals surface area contributed by atoms with Crippen LogP contribution < -0.4 is 0 Å². The standard InChI is InChI=1S/C147H218/c1-33-49-65-140(64-48-16)92-132(17,18)124-110(140)88-111-125(133(19,20)93-141(111,66-50-34-2)67-51-35-3)120(124)102-80-100-81-103(121-126-112(142(68-52-36-4,69-53-37-5)94-134(126,21)22)89-113-127(121)135(23,24)95-143(113,70-54-38-6)71-55-39-7)86-108-109-87-105(123-130-116(146(76-60-44-12,77-61-45-13)98-138(130,29)30)91-117-131(123)139(31,32)99-147(117,78-62-46-14)79-63-47-15)83-101-82-104(85-107(119(101)109)106(84-102)118(100)108)122-128-114(144(72-56-40-8,73-57-41-9)96-136(128,25)26)90-115-129(122)137(27,28)97-145(115,74-58-42-10)75-59-43-11/h80-91H,33-79,92-99H2,1-32H3. The molecule has 17 rings (SSSR count). The van der Waals surface area contributed by atoms with E-state index in [1.54, 1.807) is 111 Å². The fraction of sp³-hybridized carbons (Fsp3) is 0.701. The lowest BCUT2D eigenvalue weighted by Crippen LogP contribution is -2.28. The molecule has 8 aliphatic carbocycles. The fourth-order valence-corrected chi connectivity index (χ4v) is 38.3. The van der Waals surface area contributed by atoms with Gasteiger partial charge in [0, 0.05) is 0 Å². The molecule has 0 spiro atoms. The van der Waals surface area contributed by atoms with Gasteiger partial charge in [-0.15, -0.1) is 0 Å². The Kier molecular flexibility index (Phi) is 32.4. The van der Waals surface area contributed by atoms with Crippen LogP contribution in [0.1, 0.15) is 664 Å². The van der Waals surface area contributed by atoms with Crippen LogP contribution in [0.15, 0.2) is 72.8 Å². The highest BCUT2D eigenvalue weighted by molar-refractivity contribution is 6.35. The summed E-state index contributed by atoms with van der Waals surface area (Å²) >= 11 is 0. The maximum Gasteiger partial charge on any atom is -0.00255 e. The Morgan fingerprint density at radius 3 is 0.388 bits per heavy atom. The largest absolute Gasteiger partial charge is 0.0654 e. The number of hydrogen-bond acceptors (Lipinski definition) is 0. The van der Waals surface area contributed by atoms with E-state index in [9.17, 15) is 0 Å². The van der Waals surface area contributed by atoms with E-state index >= 15 is 0 Å². The van der Waals surface area contributed by atoms with Gasteiger partial charge in [-0.25, -0.2) is 0 Å². The second-order valence-electron chi connectivity index (χ2n) is 58.7. The van der Waals surface area contributed by atoms with Gasteiger partial charge in [0.2, 0.25) is 0 Å². The van der Waals surface area contributed by atoms with E-state index in [4.69, 9.17) is 0 Å². The van der Waals surface area contributed by atoms with E-state index in [-0.39, 0.29) is 86.6 Å². The van der Waals surface area contributed by atoms with Gasteiger partial charge in [0.05, 0.1) is 0 Å². The van der Waals surface area contributed by atoms with Gasteiger partial charge in [-0.3, -0.25) is 0 Å². The Labute approximate surface area is 904 Å². The first-order valence-corrected chi connectivity index (χ1v) is 64.1. The smallest absolute Gasteiger partial charge is 0.00255 e. The van der Waals surface area contributed by atoms with Crippen LogP contribution in [0, 0.1) is 0 Å². The highest BCUT2D eigenvalue weighted by Crippen LogP contribution is 2.73. The minimum absolute atomic E-state index is 0.0720. The lowest BCUT2D eigenvalue weighted by Gasteiger charge is -2.35. The summed E-state index contributed by atoms with van der Waals surface area (Å²) in [5.41, 5.74) is 41.2. The molecule has 0 amide bonds. The van der Waals surface area contributed by atoms with Gasteiger partial charge in [-0.1, -0.05) is 445 Å². The Balaban J connectivity index is 1.18. The maximum atomic E-state index is 3.07. The molecular formula is C147H218. The van der Waals surface area contributed by atoms with Crippen molar-refractivity contribution in [1.82, 2.24) is 0 Å². The second kappa shape index (κ2) is 42.4. The predicted octanol–water partition coefficient (Wildman–Crippen LogP) is 46.4. The van der Waals surface area contributed by atoms with Gasteiger partial charge in [0.15, 0.2) is 0 Å². The van der Waals surface area contributed by atoms with Gasteiger partial charge in [0.1, 0.15) is 0 Å². The molecule has 0 nitrogen and oxygen atoms in total. The molecule has 0 bridgehead atoms. The first kappa shape index (κ1) is 112. The molecule has 9 aromatic carbocycles. The van der Waals surface area contributed by atoms with Crippen LogP contribution in [-0.2, 0) is 86.6 Å². The van der Waals surface area contributed by atoms with Crippen molar-refractivity contribution in [3.8, 4) is 44.5 Å². The van der Waals surface area contributed by atoms with Crippen molar-refractivity contribution < 1.29 is 0 Å². The summed E-state index contributed by atoms with van der Waals surface area (Å²) in [4.78, 5) is 0. The maximum absolute atomic E-state index is 3.07. The van der Waals surface area contributed by atoms with Crippen LogP contribution in [-0.4, -0.2) is 0 Å². The van der Waals surface area contributed by atoms with Crippen LogP contribution in [0.25, 0.3) is 87.6 Å². The molecule has 806 valence electrons. The van der Waals surface area contributed by atoms with Crippen LogP contribution in [0.5, 0.6) is 0 Å². The van der Waals surface area contributed by atoms with E-state index in [2.05, 4.69) is 294 Å². The highest BCUT2D eigenvalue weighted by atomic mass is 14.7. The van der Waals surface area contributed by atoms with Gasteiger partial charge in [-0.2, -0.15) is 0 Å². The van der Waals surface area contributed by atoms with Gasteiger partial charge in [0.25, 0.3) is 0 Å². The summed E-state index contributed by atoms with van der Waals surface area (Å²) in [7, 11) is 0. The molecule has 9 aromatic rings. The van der Waals surface area contributed by atoms with Crippen LogP contribution >= 0.6 is 0 Å². The van der Waals surface area contributed by atoms with Crippen LogP contribution in [0.2, 0.25) is 0 Å². The molecule has 0 aliphatic heterocycles. The second-order valence-corrected chi connectivity index (χ2v) is 58.7. The monoisotopic (exact) mass is 1980 g/mol. The molecule has 0 heteroatoms. The molecule has 147 heavy (non-hydrogen) atoms. The number of fused-ring (bicyclic) bond motifs is 10. The number of hydrogen-bond donors (Lipinski definition) is 0. The third-order valence-corrected chi connectivity index (χ3v) is 43.2. The van der Waals surface area contributed by atoms with Crippen molar-refractivity contribution >= 4 is 43.1 Å².